The molecular weight excluding hydrogens is 526 g/mol. The van der Waals surface area contributed by atoms with Gasteiger partial charge in [-0.05, 0) is 85.7 Å². The van der Waals surface area contributed by atoms with Crippen molar-refractivity contribution in [3.63, 3.8) is 0 Å². The average molecular weight is 545 g/mol. The number of halogens is 2. The molecule has 9 heteroatoms. The van der Waals surface area contributed by atoms with Crippen LogP contribution < -0.4 is 15.4 Å². The van der Waals surface area contributed by atoms with Crippen molar-refractivity contribution in [1.82, 2.24) is 10.3 Å². The zero-order chi connectivity index (χ0) is 23.7. The molecule has 0 atom stereocenters. The van der Waals surface area contributed by atoms with Crippen LogP contribution >= 0.6 is 39.7 Å². The Morgan fingerprint density at radius 3 is 2.64 bits per heavy atom. The molecule has 0 bridgehead atoms. The molecule has 3 aromatic carbocycles. The first-order valence-corrected chi connectivity index (χ1v) is 11.5. The number of aromatic nitrogens is 1. The number of carbonyl (C=O) groups is 1. The van der Waals surface area contributed by atoms with Crippen molar-refractivity contribution in [1.29, 1.82) is 0 Å². The Kier molecular flexibility index (Phi) is 6.69. The first-order chi connectivity index (χ1) is 15.7. The summed E-state index contributed by atoms with van der Waals surface area (Å²) in [7, 11) is 1.55. The molecule has 4 aromatic rings. The Morgan fingerprint density at radius 1 is 1.12 bits per heavy atom. The summed E-state index contributed by atoms with van der Waals surface area (Å²) >= 11 is 14.8. The van der Waals surface area contributed by atoms with E-state index in [0.717, 1.165) is 26.7 Å². The van der Waals surface area contributed by atoms with Crippen molar-refractivity contribution in [2.45, 2.75) is 13.8 Å². The fourth-order valence-corrected chi connectivity index (χ4v) is 4.00. The topological polar surface area (TPSA) is 76.4 Å². The average Bonchev–Trinajstić information content (AvgIpc) is 3.18. The van der Waals surface area contributed by atoms with E-state index in [0.29, 0.717) is 33.5 Å². The van der Waals surface area contributed by atoms with E-state index in [1.807, 2.05) is 32.0 Å². The van der Waals surface area contributed by atoms with Gasteiger partial charge in [0.25, 0.3) is 5.91 Å². The lowest BCUT2D eigenvalue weighted by Crippen LogP contribution is -2.34. The third-order valence-corrected chi connectivity index (χ3v) is 6.13. The summed E-state index contributed by atoms with van der Waals surface area (Å²) < 4.78 is 12.1. The van der Waals surface area contributed by atoms with Crippen LogP contribution in [0, 0.1) is 13.8 Å². The summed E-state index contributed by atoms with van der Waals surface area (Å²) in [6.45, 7) is 4.07. The number of benzene rings is 3. The molecule has 33 heavy (non-hydrogen) atoms. The number of ether oxygens (including phenoxy) is 1. The van der Waals surface area contributed by atoms with Crippen LogP contribution in [-0.2, 0) is 0 Å². The molecule has 1 amide bonds. The highest BCUT2D eigenvalue weighted by molar-refractivity contribution is 9.10. The Morgan fingerprint density at radius 2 is 1.88 bits per heavy atom. The largest absolute Gasteiger partial charge is 0.495 e. The maximum atomic E-state index is 12.6. The zero-order valence-electron chi connectivity index (χ0n) is 18.0. The first kappa shape index (κ1) is 23.2. The van der Waals surface area contributed by atoms with Gasteiger partial charge < -0.3 is 14.5 Å². The number of fused-ring (bicyclic) bond motifs is 1. The molecule has 0 saturated heterocycles. The van der Waals surface area contributed by atoms with E-state index in [9.17, 15) is 4.79 Å². The Labute approximate surface area is 209 Å². The Bertz CT molecular complexity index is 1360. The van der Waals surface area contributed by atoms with Gasteiger partial charge in [-0.3, -0.25) is 10.1 Å². The quantitative estimate of drug-likeness (QED) is 0.280. The lowest BCUT2D eigenvalue weighted by molar-refractivity contribution is 0.0978. The number of hydrogen-bond acceptors (Lipinski definition) is 5. The Hall–Kier alpha value is -2.94. The summed E-state index contributed by atoms with van der Waals surface area (Å²) in [5.74, 6) is 0.578. The molecule has 168 valence electrons. The number of aryl methyl sites for hydroxylation is 2. The number of carbonyl (C=O) groups excluding carboxylic acids is 1. The van der Waals surface area contributed by atoms with Gasteiger partial charge in [-0.2, -0.15) is 0 Å². The summed E-state index contributed by atoms with van der Waals surface area (Å²) in [5.41, 5.74) is 5.36. The van der Waals surface area contributed by atoms with Crippen LogP contribution in [-0.4, -0.2) is 23.1 Å². The van der Waals surface area contributed by atoms with E-state index < -0.39 is 5.91 Å². The molecule has 0 spiro atoms. The van der Waals surface area contributed by atoms with Crippen molar-refractivity contribution in [2.75, 3.05) is 12.4 Å². The van der Waals surface area contributed by atoms with Crippen LogP contribution in [0.1, 0.15) is 21.5 Å². The summed E-state index contributed by atoms with van der Waals surface area (Å²) in [6.07, 6.45) is 0. The van der Waals surface area contributed by atoms with Crippen LogP contribution in [0.15, 0.2) is 57.4 Å². The van der Waals surface area contributed by atoms with E-state index >= 15 is 0 Å². The van der Waals surface area contributed by atoms with Crippen LogP contribution in [0.3, 0.4) is 0 Å². The monoisotopic (exact) mass is 543 g/mol. The van der Waals surface area contributed by atoms with Crippen LogP contribution in [0.25, 0.3) is 22.6 Å². The van der Waals surface area contributed by atoms with Gasteiger partial charge in [0.05, 0.1) is 23.4 Å². The molecule has 0 radical (unpaired) electrons. The highest BCUT2D eigenvalue weighted by Crippen LogP contribution is 2.32. The normalized spacial score (nSPS) is 10.8. The van der Waals surface area contributed by atoms with Crippen LogP contribution in [0.2, 0.25) is 5.02 Å². The van der Waals surface area contributed by atoms with Crippen LogP contribution in [0.5, 0.6) is 5.75 Å². The molecule has 0 aliphatic heterocycles. The van der Waals surface area contributed by atoms with E-state index in [1.54, 1.807) is 37.4 Å². The molecule has 0 unspecified atom stereocenters. The molecule has 0 saturated carbocycles. The number of hydrogen-bond donors (Lipinski definition) is 2. The third kappa shape index (κ3) is 5.03. The molecule has 0 fully saturated rings. The Balaban J connectivity index is 1.59. The van der Waals surface area contributed by atoms with Crippen molar-refractivity contribution >= 4 is 67.6 Å². The second kappa shape index (κ2) is 9.51. The molecule has 2 N–H and O–H groups in total. The predicted molar refractivity (Wildman–Crippen MR) is 138 cm³/mol. The third-order valence-electron chi connectivity index (χ3n) is 5.10. The second-order valence-electron chi connectivity index (χ2n) is 7.37. The number of nitrogens with one attached hydrogen (secondary N) is 2. The highest BCUT2D eigenvalue weighted by Gasteiger charge is 2.16. The summed E-state index contributed by atoms with van der Waals surface area (Å²) in [4.78, 5) is 17.2. The van der Waals surface area contributed by atoms with Gasteiger partial charge in [0, 0.05) is 10.0 Å². The fourth-order valence-electron chi connectivity index (χ4n) is 3.24. The van der Waals surface area contributed by atoms with E-state index in [1.165, 1.54) is 0 Å². The molecular formula is C24H19BrClN3O3S. The molecule has 1 aromatic heterocycles. The first-order valence-electron chi connectivity index (χ1n) is 9.88. The lowest BCUT2D eigenvalue weighted by Gasteiger charge is -2.14. The number of rotatable bonds is 4. The summed E-state index contributed by atoms with van der Waals surface area (Å²) in [6, 6.07) is 14.4. The van der Waals surface area contributed by atoms with E-state index in [-0.39, 0.29) is 5.11 Å². The van der Waals surface area contributed by atoms with Gasteiger partial charge >= 0.3 is 0 Å². The van der Waals surface area contributed by atoms with Crippen molar-refractivity contribution in [2.24, 2.45) is 0 Å². The van der Waals surface area contributed by atoms with Gasteiger partial charge in [-0.1, -0.05) is 27.5 Å². The SMILES string of the molecule is COc1ccc(-c2nc3cc(C)c(C)cc3o2)cc1NC(=S)NC(=O)c1cc(Br)ccc1Cl. The molecule has 1 heterocycles. The smallest absolute Gasteiger partial charge is 0.258 e. The van der Waals surface area contributed by atoms with Crippen molar-refractivity contribution < 1.29 is 13.9 Å². The van der Waals surface area contributed by atoms with Crippen LogP contribution in [0.4, 0.5) is 5.69 Å². The molecule has 6 nitrogen and oxygen atoms in total. The minimum atomic E-state index is -0.432. The highest BCUT2D eigenvalue weighted by atomic mass is 79.9. The number of methoxy groups -OCH3 is 1. The van der Waals surface area contributed by atoms with Gasteiger partial charge in [-0.25, -0.2) is 4.98 Å². The summed E-state index contributed by atoms with van der Waals surface area (Å²) in [5, 5.41) is 6.06. The molecule has 4 rings (SSSR count). The standard InChI is InChI=1S/C24H19BrClN3O3S/c1-12-8-18-21(9-13(12)2)32-23(27-18)14-4-7-20(31-3)19(10-14)28-24(33)29-22(30)16-11-15(25)5-6-17(16)26/h4-11H,1-3H3,(H2,28,29,30,33). The predicted octanol–water partition coefficient (Wildman–Crippen LogP) is 6.66. The maximum absolute atomic E-state index is 12.6. The van der Waals surface area contributed by atoms with Crippen molar-refractivity contribution in [3.8, 4) is 17.2 Å². The second-order valence-corrected chi connectivity index (χ2v) is 9.10. The van der Waals surface area contributed by atoms with E-state index in [4.69, 9.17) is 33.0 Å². The van der Waals surface area contributed by atoms with Gasteiger partial charge in [-0.15, -0.1) is 0 Å². The lowest BCUT2D eigenvalue weighted by atomic mass is 10.1. The number of thiocarbonyl (C=S) groups is 1. The van der Waals surface area contributed by atoms with Crippen molar-refractivity contribution in [3.05, 3.63) is 74.7 Å². The fraction of sp³-hybridized carbons (Fsp3) is 0.125. The minimum Gasteiger partial charge on any atom is -0.495 e. The number of amides is 1. The molecule has 0 aliphatic carbocycles. The van der Waals surface area contributed by atoms with Gasteiger partial charge in [0.1, 0.15) is 11.3 Å². The number of anilines is 1. The zero-order valence-corrected chi connectivity index (χ0v) is 21.1. The number of oxazole rings is 1. The molecule has 0 aliphatic rings. The number of nitrogens with zero attached hydrogens (tertiary/aromatic N) is 1. The van der Waals surface area contributed by atoms with Gasteiger partial charge in [0.2, 0.25) is 5.89 Å². The van der Waals surface area contributed by atoms with E-state index in [2.05, 4.69) is 31.5 Å². The maximum Gasteiger partial charge on any atom is 0.258 e. The van der Waals surface area contributed by atoms with Gasteiger partial charge in [0.15, 0.2) is 10.7 Å². The minimum absolute atomic E-state index is 0.0929.